The molecule has 0 aromatic heterocycles. The van der Waals surface area contributed by atoms with Gasteiger partial charge in [0.2, 0.25) is 5.91 Å². The zero-order chi connectivity index (χ0) is 20.3. The first-order valence-electron chi connectivity index (χ1n) is 8.55. The molecule has 1 unspecified atom stereocenters. The number of halogens is 5. The van der Waals surface area contributed by atoms with Crippen molar-refractivity contribution in [1.82, 2.24) is 10.6 Å². The molecule has 3 N–H and O–H groups in total. The van der Waals surface area contributed by atoms with Crippen LogP contribution in [0.3, 0.4) is 0 Å². The normalized spacial score (nSPS) is 15.8. The number of para-hydroxylation sites is 1. The van der Waals surface area contributed by atoms with E-state index in [1.807, 2.05) is 18.2 Å². The van der Waals surface area contributed by atoms with E-state index in [9.17, 15) is 22.4 Å². The average Bonchev–Trinajstić information content (AvgIpc) is 2.68. The number of aliphatic imine (C=N–C) groups is 1. The number of benzene rings is 2. The fourth-order valence-corrected chi connectivity index (χ4v) is 3.07. The summed E-state index contributed by atoms with van der Waals surface area (Å²) in [6, 6.07) is 7.54. The van der Waals surface area contributed by atoms with E-state index in [4.69, 9.17) is 0 Å². The minimum Gasteiger partial charge on any atom is -0.356 e. The molecule has 0 fully saturated rings. The lowest BCUT2D eigenvalue weighted by molar-refractivity contribution is -0.116. The van der Waals surface area contributed by atoms with Crippen molar-refractivity contribution in [3.05, 3.63) is 64.7 Å². The highest BCUT2D eigenvalue weighted by atomic mass is 127. The highest BCUT2D eigenvalue weighted by Gasteiger charge is 2.25. The van der Waals surface area contributed by atoms with Gasteiger partial charge in [-0.1, -0.05) is 18.2 Å². The topological polar surface area (TPSA) is 65.5 Å². The Labute approximate surface area is 182 Å². The lowest BCUT2D eigenvalue weighted by Gasteiger charge is -2.26. The SMILES string of the molecule is CN=C(NCc1c(F)c(F)cc(F)c1F)NCC1CC(=O)Nc2ccccc21.I. The number of amides is 1. The fourth-order valence-electron chi connectivity index (χ4n) is 3.07. The molecule has 3 rings (SSSR count). The smallest absolute Gasteiger partial charge is 0.225 e. The molecule has 29 heavy (non-hydrogen) atoms. The number of hydrogen-bond acceptors (Lipinski definition) is 2. The fraction of sp³-hybridized carbons (Fsp3) is 0.263. The van der Waals surface area contributed by atoms with Gasteiger partial charge in [0.25, 0.3) is 0 Å². The van der Waals surface area contributed by atoms with Crippen LogP contribution in [0.2, 0.25) is 0 Å². The van der Waals surface area contributed by atoms with E-state index in [0.717, 1.165) is 11.3 Å². The van der Waals surface area contributed by atoms with E-state index < -0.39 is 35.4 Å². The Kier molecular flexibility index (Phi) is 7.82. The number of rotatable bonds is 4. The Morgan fingerprint density at radius 2 is 1.79 bits per heavy atom. The van der Waals surface area contributed by atoms with Gasteiger partial charge in [0.05, 0.1) is 0 Å². The standard InChI is InChI=1S/C19H18F4N4O.HI/c1-24-19(26-9-12-17(22)13(20)7-14(21)18(12)23)25-8-10-6-16(28)27-15-5-3-2-4-11(10)15;/h2-5,7,10H,6,8-9H2,1H3,(H,27,28)(H2,24,25,26);1H. The predicted octanol–water partition coefficient (Wildman–Crippen LogP) is 3.65. The number of carbonyl (C=O) groups is 1. The first-order chi connectivity index (χ1) is 13.4. The molecule has 1 atom stereocenters. The number of nitrogens with one attached hydrogen (secondary N) is 3. The van der Waals surface area contributed by atoms with Crippen molar-refractivity contribution in [2.75, 3.05) is 18.9 Å². The second-order valence-corrected chi connectivity index (χ2v) is 6.29. The van der Waals surface area contributed by atoms with Crippen molar-refractivity contribution in [3.63, 3.8) is 0 Å². The van der Waals surface area contributed by atoms with Gasteiger partial charge in [-0.15, -0.1) is 24.0 Å². The summed E-state index contributed by atoms with van der Waals surface area (Å²) in [6.07, 6.45) is 0.263. The van der Waals surface area contributed by atoms with Gasteiger partial charge in [-0.25, -0.2) is 17.6 Å². The summed E-state index contributed by atoms with van der Waals surface area (Å²) >= 11 is 0. The summed E-state index contributed by atoms with van der Waals surface area (Å²) < 4.78 is 54.1. The maximum atomic E-state index is 13.8. The zero-order valence-electron chi connectivity index (χ0n) is 15.4. The minimum atomic E-state index is -1.47. The van der Waals surface area contributed by atoms with Crippen LogP contribution >= 0.6 is 24.0 Å². The monoisotopic (exact) mass is 522 g/mol. The van der Waals surface area contributed by atoms with E-state index in [2.05, 4.69) is 20.9 Å². The van der Waals surface area contributed by atoms with Crippen molar-refractivity contribution in [2.45, 2.75) is 18.9 Å². The van der Waals surface area contributed by atoms with Gasteiger partial charge >= 0.3 is 0 Å². The average molecular weight is 522 g/mol. The molecule has 1 amide bonds. The number of guanidine groups is 1. The summed E-state index contributed by atoms with van der Waals surface area (Å²) in [5.41, 5.74) is 0.921. The van der Waals surface area contributed by atoms with Crippen LogP contribution in [0.1, 0.15) is 23.5 Å². The lowest BCUT2D eigenvalue weighted by atomic mass is 9.90. The second-order valence-electron chi connectivity index (χ2n) is 6.29. The van der Waals surface area contributed by atoms with Crippen LogP contribution in [0.4, 0.5) is 23.2 Å². The molecule has 1 heterocycles. The van der Waals surface area contributed by atoms with Crippen molar-refractivity contribution in [1.29, 1.82) is 0 Å². The summed E-state index contributed by atoms with van der Waals surface area (Å²) in [7, 11) is 1.44. The molecular formula is C19H19F4IN4O. The maximum Gasteiger partial charge on any atom is 0.225 e. The third-order valence-corrected chi connectivity index (χ3v) is 4.48. The van der Waals surface area contributed by atoms with Crippen LogP contribution in [0.25, 0.3) is 0 Å². The lowest BCUT2D eigenvalue weighted by Crippen LogP contribution is -2.40. The van der Waals surface area contributed by atoms with Gasteiger partial charge in [0, 0.05) is 49.8 Å². The zero-order valence-corrected chi connectivity index (χ0v) is 17.7. The molecule has 2 aromatic rings. The van der Waals surface area contributed by atoms with E-state index in [1.54, 1.807) is 6.07 Å². The first kappa shape index (κ1) is 22.9. The van der Waals surface area contributed by atoms with E-state index >= 15 is 0 Å². The molecule has 5 nitrogen and oxygen atoms in total. The third kappa shape index (κ3) is 5.17. The quantitative estimate of drug-likeness (QED) is 0.189. The molecule has 0 saturated heterocycles. The molecule has 156 valence electrons. The van der Waals surface area contributed by atoms with Crippen molar-refractivity contribution in [2.24, 2.45) is 4.99 Å². The van der Waals surface area contributed by atoms with Gasteiger partial charge in [0.15, 0.2) is 29.2 Å². The number of carbonyl (C=O) groups excluding carboxylic acids is 1. The Morgan fingerprint density at radius 1 is 1.14 bits per heavy atom. The van der Waals surface area contributed by atoms with Gasteiger partial charge in [-0.05, 0) is 11.6 Å². The molecule has 1 aliphatic rings. The predicted molar refractivity (Wildman–Crippen MR) is 112 cm³/mol. The highest BCUT2D eigenvalue weighted by molar-refractivity contribution is 14.0. The highest BCUT2D eigenvalue weighted by Crippen LogP contribution is 2.31. The number of anilines is 1. The third-order valence-electron chi connectivity index (χ3n) is 4.48. The summed E-state index contributed by atoms with van der Waals surface area (Å²) in [5, 5.41) is 8.38. The molecule has 10 heteroatoms. The van der Waals surface area contributed by atoms with Crippen LogP contribution < -0.4 is 16.0 Å². The van der Waals surface area contributed by atoms with Gasteiger partial charge < -0.3 is 16.0 Å². The van der Waals surface area contributed by atoms with E-state index in [0.29, 0.717) is 6.54 Å². The van der Waals surface area contributed by atoms with Crippen molar-refractivity contribution < 1.29 is 22.4 Å². The van der Waals surface area contributed by atoms with Crippen LogP contribution in [0.15, 0.2) is 35.3 Å². The summed E-state index contributed by atoms with van der Waals surface area (Å²) in [4.78, 5) is 15.8. The van der Waals surface area contributed by atoms with Crippen LogP contribution in [0, 0.1) is 23.3 Å². The second kappa shape index (κ2) is 9.90. The molecule has 1 aliphatic heterocycles. The number of nitrogens with zero attached hydrogens (tertiary/aromatic N) is 1. The Bertz CT molecular complexity index is 912. The van der Waals surface area contributed by atoms with Gasteiger partial charge in [-0.3, -0.25) is 9.79 Å². The molecule has 0 saturated carbocycles. The van der Waals surface area contributed by atoms with E-state index in [1.165, 1.54) is 7.05 Å². The van der Waals surface area contributed by atoms with Crippen molar-refractivity contribution >= 4 is 41.5 Å². The first-order valence-corrected chi connectivity index (χ1v) is 8.55. The number of hydrogen-bond donors (Lipinski definition) is 3. The molecule has 0 radical (unpaired) electrons. The Hall–Kier alpha value is -2.37. The molecule has 2 aromatic carbocycles. The largest absolute Gasteiger partial charge is 0.356 e. The van der Waals surface area contributed by atoms with Crippen molar-refractivity contribution in [3.8, 4) is 0 Å². The maximum absolute atomic E-state index is 13.8. The molecule has 0 bridgehead atoms. The number of fused-ring (bicyclic) bond motifs is 1. The minimum absolute atomic E-state index is 0. The van der Waals surface area contributed by atoms with Gasteiger partial charge in [-0.2, -0.15) is 0 Å². The van der Waals surface area contributed by atoms with Gasteiger partial charge in [0.1, 0.15) is 0 Å². The Balaban J connectivity index is 0.00000300. The van der Waals surface area contributed by atoms with E-state index in [-0.39, 0.29) is 54.2 Å². The Morgan fingerprint density at radius 3 is 2.45 bits per heavy atom. The molecular weight excluding hydrogens is 503 g/mol. The van der Waals surface area contributed by atoms with Crippen LogP contribution in [0.5, 0.6) is 0 Å². The summed E-state index contributed by atoms with van der Waals surface area (Å²) in [5.74, 6) is -5.94. The van der Waals surface area contributed by atoms with Crippen LogP contribution in [-0.2, 0) is 11.3 Å². The summed E-state index contributed by atoms with van der Waals surface area (Å²) in [6.45, 7) is -0.180. The van der Waals surface area contributed by atoms with Crippen LogP contribution in [-0.4, -0.2) is 25.5 Å². The molecule has 0 aliphatic carbocycles. The molecule has 0 spiro atoms.